The molecule has 0 atom stereocenters. The lowest BCUT2D eigenvalue weighted by atomic mass is 10.1. The molecule has 0 radical (unpaired) electrons. The van der Waals surface area contributed by atoms with Crippen molar-refractivity contribution in [2.75, 3.05) is 11.5 Å². The monoisotopic (exact) mass is 266 g/mol. The van der Waals surface area contributed by atoms with E-state index in [0.29, 0.717) is 5.82 Å². The molecular formula is C15H26N2S. The number of aromatic nitrogens is 1. The van der Waals surface area contributed by atoms with Gasteiger partial charge in [0.05, 0.1) is 0 Å². The maximum Gasteiger partial charge on any atom is 0.123 e. The molecule has 0 amide bonds. The number of nitrogens with zero attached hydrogens (tertiary/aromatic N) is 1. The molecule has 2 nitrogen and oxygen atoms in total. The van der Waals surface area contributed by atoms with Gasteiger partial charge in [-0.25, -0.2) is 4.98 Å². The third kappa shape index (κ3) is 7.59. The van der Waals surface area contributed by atoms with Crippen LogP contribution in [0.15, 0.2) is 23.2 Å². The molecule has 0 aliphatic rings. The molecule has 1 heterocycles. The molecule has 102 valence electrons. The molecule has 2 N–H and O–H groups in total. The summed E-state index contributed by atoms with van der Waals surface area (Å²) in [4.78, 5) is 5.32. The van der Waals surface area contributed by atoms with Crippen LogP contribution in [-0.4, -0.2) is 10.7 Å². The van der Waals surface area contributed by atoms with Gasteiger partial charge in [0.25, 0.3) is 0 Å². The highest BCUT2D eigenvalue weighted by Crippen LogP contribution is 2.19. The van der Waals surface area contributed by atoms with Gasteiger partial charge in [0.15, 0.2) is 0 Å². The van der Waals surface area contributed by atoms with E-state index in [1.807, 2.05) is 24.0 Å². The minimum absolute atomic E-state index is 0.603. The fourth-order valence-corrected chi connectivity index (χ4v) is 2.78. The van der Waals surface area contributed by atoms with E-state index in [4.69, 9.17) is 5.73 Å². The fraction of sp³-hybridized carbons (Fsp3) is 0.667. The highest BCUT2D eigenvalue weighted by molar-refractivity contribution is 7.99. The summed E-state index contributed by atoms with van der Waals surface area (Å²) in [7, 11) is 0. The molecule has 0 spiro atoms. The second kappa shape index (κ2) is 10.2. The van der Waals surface area contributed by atoms with Gasteiger partial charge >= 0.3 is 0 Å². The number of pyridine rings is 1. The molecule has 1 aromatic heterocycles. The van der Waals surface area contributed by atoms with E-state index in [1.54, 1.807) is 0 Å². The number of anilines is 1. The maximum absolute atomic E-state index is 5.55. The van der Waals surface area contributed by atoms with Crippen molar-refractivity contribution in [1.29, 1.82) is 0 Å². The van der Waals surface area contributed by atoms with E-state index in [9.17, 15) is 0 Å². The standard InChI is InChI=1S/C15H26N2S/c1-2-3-4-5-6-7-8-9-12-18-14-10-11-15(16)17-13-14/h10-11,13H,2-9,12H2,1H3,(H2,16,17). The quantitative estimate of drug-likeness (QED) is 0.484. The van der Waals surface area contributed by atoms with E-state index < -0.39 is 0 Å². The lowest BCUT2D eigenvalue weighted by Gasteiger charge is -2.02. The summed E-state index contributed by atoms with van der Waals surface area (Å²) in [5.74, 6) is 1.80. The molecule has 0 saturated heterocycles. The van der Waals surface area contributed by atoms with Gasteiger partial charge in [-0.15, -0.1) is 11.8 Å². The number of rotatable bonds is 10. The zero-order valence-electron chi connectivity index (χ0n) is 11.5. The smallest absolute Gasteiger partial charge is 0.123 e. The highest BCUT2D eigenvalue weighted by Gasteiger charge is 1.95. The van der Waals surface area contributed by atoms with Crippen molar-refractivity contribution >= 4 is 17.6 Å². The average Bonchev–Trinajstić information content (AvgIpc) is 2.39. The van der Waals surface area contributed by atoms with Crippen LogP contribution >= 0.6 is 11.8 Å². The predicted octanol–water partition coefficient (Wildman–Crippen LogP) is 4.90. The Kier molecular flexibility index (Phi) is 8.74. The van der Waals surface area contributed by atoms with Gasteiger partial charge in [-0.1, -0.05) is 51.9 Å². The zero-order valence-corrected chi connectivity index (χ0v) is 12.3. The van der Waals surface area contributed by atoms with Gasteiger partial charge in [-0.3, -0.25) is 0 Å². The first-order chi connectivity index (χ1) is 8.83. The van der Waals surface area contributed by atoms with Crippen molar-refractivity contribution in [3.05, 3.63) is 18.3 Å². The first-order valence-electron chi connectivity index (χ1n) is 7.17. The Balaban J connectivity index is 1.91. The summed E-state index contributed by atoms with van der Waals surface area (Å²) in [6.45, 7) is 2.27. The maximum atomic E-state index is 5.55. The second-order valence-electron chi connectivity index (χ2n) is 4.74. The minimum atomic E-state index is 0.603. The van der Waals surface area contributed by atoms with Crippen molar-refractivity contribution in [3.8, 4) is 0 Å². The average molecular weight is 266 g/mol. The predicted molar refractivity (Wildman–Crippen MR) is 82.0 cm³/mol. The SMILES string of the molecule is CCCCCCCCCCSc1ccc(N)nc1. The van der Waals surface area contributed by atoms with Crippen molar-refractivity contribution in [2.24, 2.45) is 0 Å². The fourth-order valence-electron chi connectivity index (χ4n) is 1.90. The van der Waals surface area contributed by atoms with Crippen LogP contribution in [0.3, 0.4) is 0 Å². The van der Waals surface area contributed by atoms with Crippen LogP contribution in [0.4, 0.5) is 5.82 Å². The van der Waals surface area contributed by atoms with E-state index in [1.165, 1.54) is 62.0 Å². The summed E-state index contributed by atoms with van der Waals surface area (Å²) in [5, 5.41) is 0. The summed E-state index contributed by atoms with van der Waals surface area (Å²) in [5.41, 5.74) is 5.55. The third-order valence-corrected chi connectivity index (χ3v) is 4.09. The Hall–Kier alpha value is -0.700. The van der Waals surface area contributed by atoms with Gasteiger partial charge < -0.3 is 5.73 Å². The minimum Gasteiger partial charge on any atom is -0.384 e. The second-order valence-corrected chi connectivity index (χ2v) is 5.91. The lowest BCUT2D eigenvalue weighted by molar-refractivity contribution is 0.586. The summed E-state index contributed by atoms with van der Waals surface area (Å²) in [6.07, 6.45) is 12.9. The topological polar surface area (TPSA) is 38.9 Å². The van der Waals surface area contributed by atoms with Crippen molar-refractivity contribution in [1.82, 2.24) is 4.98 Å². The van der Waals surface area contributed by atoms with Gasteiger partial charge in [-0.2, -0.15) is 0 Å². The Bertz CT molecular complexity index is 298. The Morgan fingerprint density at radius 1 is 1.00 bits per heavy atom. The van der Waals surface area contributed by atoms with Gasteiger partial charge in [0.1, 0.15) is 5.82 Å². The van der Waals surface area contributed by atoms with Crippen LogP contribution in [-0.2, 0) is 0 Å². The lowest BCUT2D eigenvalue weighted by Crippen LogP contribution is -1.88. The largest absolute Gasteiger partial charge is 0.384 e. The number of nitrogens with two attached hydrogens (primary N) is 1. The van der Waals surface area contributed by atoms with Crippen LogP contribution < -0.4 is 5.73 Å². The van der Waals surface area contributed by atoms with Crippen LogP contribution in [0.1, 0.15) is 58.3 Å². The number of nitrogen functional groups attached to an aromatic ring is 1. The Morgan fingerprint density at radius 2 is 1.67 bits per heavy atom. The van der Waals surface area contributed by atoms with Gasteiger partial charge in [0, 0.05) is 11.1 Å². The van der Waals surface area contributed by atoms with Gasteiger partial charge in [0.2, 0.25) is 0 Å². The van der Waals surface area contributed by atoms with E-state index >= 15 is 0 Å². The van der Waals surface area contributed by atoms with Crippen molar-refractivity contribution in [2.45, 2.75) is 63.2 Å². The van der Waals surface area contributed by atoms with Crippen LogP contribution in [0.5, 0.6) is 0 Å². The summed E-state index contributed by atoms with van der Waals surface area (Å²) in [6, 6.07) is 3.92. The molecule has 18 heavy (non-hydrogen) atoms. The molecule has 0 aliphatic carbocycles. The molecular weight excluding hydrogens is 240 g/mol. The number of unbranched alkanes of at least 4 members (excludes halogenated alkanes) is 7. The number of thioether (sulfide) groups is 1. The summed E-state index contributed by atoms with van der Waals surface area (Å²) < 4.78 is 0. The van der Waals surface area contributed by atoms with Crippen LogP contribution in [0.2, 0.25) is 0 Å². The molecule has 0 unspecified atom stereocenters. The van der Waals surface area contributed by atoms with Crippen molar-refractivity contribution in [3.63, 3.8) is 0 Å². The number of hydrogen-bond acceptors (Lipinski definition) is 3. The summed E-state index contributed by atoms with van der Waals surface area (Å²) >= 11 is 1.88. The van der Waals surface area contributed by atoms with Crippen molar-refractivity contribution < 1.29 is 0 Å². The first kappa shape index (κ1) is 15.4. The highest BCUT2D eigenvalue weighted by atomic mass is 32.2. The van der Waals surface area contributed by atoms with Crippen LogP contribution in [0.25, 0.3) is 0 Å². The normalized spacial score (nSPS) is 10.7. The Morgan fingerprint density at radius 3 is 2.28 bits per heavy atom. The molecule has 1 rings (SSSR count). The molecule has 0 fully saturated rings. The molecule has 0 aromatic carbocycles. The molecule has 0 saturated carbocycles. The first-order valence-corrected chi connectivity index (χ1v) is 8.16. The van der Waals surface area contributed by atoms with Gasteiger partial charge in [-0.05, 0) is 24.3 Å². The molecule has 0 aliphatic heterocycles. The van der Waals surface area contributed by atoms with E-state index in [-0.39, 0.29) is 0 Å². The van der Waals surface area contributed by atoms with E-state index in [2.05, 4.69) is 18.0 Å². The molecule has 3 heteroatoms. The van der Waals surface area contributed by atoms with Crippen LogP contribution in [0, 0.1) is 0 Å². The third-order valence-electron chi connectivity index (χ3n) is 3.03. The molecule has 0 bridgehead atoms. The van der Waals surface area contributed by atoms with E-state index in [0.717, 1.165) is 0 Å². The number of hydrogen-bond donors (Lipinski definition) is 1. The Labute approximate surface area is 116 Å². The molecule has 1 aromatic rings. The zero-order chi connectivity index (χ0) is 13.1.